The quantitative estimate of drug-likeness (QED) is 0.844. The standard InChI is InChI=1S/C12H13NO5S/c1-6(2)13-9(14)5-8(11(13)15)19-10-4-3-7(18-10)12(16)17/h3-4,6,8H,5H2,1-2H3,(H,16,17). The Morgan fingerprint density at radius 3 is 2.63 bits per heavy atom. The molecule has 0 bridgehead atoms. The fraction of sp³-hybridized carbons (Fsp3) is 0.417. The van der Waals surface area contributed by atoms with Gasteiger partial charge >= 0.3 is 5.97 Å². The fourth-order valence-electron chi connectivity index (χ4n) is 1.90. The minimum atomic E-state index is -1.16. The summed E-state index contributed by atoms with van der Waals surface area (Å²) in [7, 11) is 0. The molecule has 2 rings (SSSR count). The van der Waals surface area contributed by atoms with Gasteiger partial charge in [0.1, 0.15) is 5.25 Å². The average molecular weight is 283 g/mol. The van der Waals surface area contributed by atoms with Crippen LogP contribution >= 0.6 is 11.8 Å². The summed E-state index contributed by atoms with van der Waals surface area (Å²) in [4.78, 5) is 35.6. The molecule has 1 saturated heterocycles. The second kappa shape index (κ2) is 5.08. The zero-order chi connectivity index (χ0) is 14.2. The van der Waals surface area contributed by atoms with E-state index in [4.69, 9.17) is 9.52 Å². The van der Waals surface area contributed by atoms with E-state index in [0.717, 1.165) is 11.8 Å². The summed E-state index contributed by atoms with van der Waals surface area (Å²) in [6.45, 7) is 3.55. The first-order chi connectivity index (χ1) is 8.90. The van der Waals surface area contributed by atoms with Crippen LogP contribution in [0.4, 0.5) is 0 Å². The van der Waals surface area contributed by atoms with Crippen LogP contribution in [0, 0.1) is 0 Å². The van der Waals surface area contributed by atoms with E-state index in [-0.39, 0.29) is 30.0 Å². The van der Waals surface area contributed by atoms with Gasteiger partial charge in [-0.1, -0.05) is 11.8 Å². The van der Waals surface area contributed by atoms with E-state index in [9.17, 15) is 14.4 Å². The van der Waals surface area contributed by atoms with Crippen molar-refractivity contribution in [2.75, 3.05) is 0 Å². The normalized spacial score (nSPS) is 19.5. The first kappa shape index (κ1) is 13.7. The SMILES string of the molecule is CC(C)N1C(=O)CC(Sc2ccc(C(=O)O)o2)C1=O. The Labute approximate surface area is 113 Å². The summed E-state index contributed by atoms with van der Waals surface area (Å²) in [5.74, 6) is -1.80. The third-order valence-corrected chi connectivity index (χ3v) is 3.81. The summed E-state index contributed by atoms with van der Waals surface area (Å²) >= 11 is 1.08. The van der Waals surface area contributed by atoms with Gasteiger partial charge in [-0.25, -0.2) is 4.79 Å². The van der Waals surface area contributed by atoms with Crippen LogP contribution in [0.1, 0.15) is 30.8 Å². The summed E-state index contributed by atoms with van der Waals surface area (Å²) in [6, 6.07) is 2.65. The van der Waals surface area contributed by atoms with Crippen molar-refractivity contribution in [3.8, 4) is 0 Å². The molecule has 1 aromatic heterocycles. The lowest BCUT2D eigenvalue weighted by molar-refractivity contribution is -0.140. The van der Waals surface area contributed by atoms with Crippen molar-refractivity contribution < 1.29 is 23.9 Å². The van der Waals surface area contributed by atoms with Crippen molar-refractivity contribution in [1.82, 2.24) is 4.90 Å². The Bertz CT molecular complexity index is 536. The van der Waals surface area contributed by atoms with E-state index in [2.05, 4.69) is 0 Å². The number of carbonyl (C=O) groups is 3. The zero-order valence-corrected chi connectivity index (χ0v) is 11.3. The van der Waals surface area contributed by atoms with Gasteiger partial charge in [0.2, 0.25) is 17.6 Å². The summed E-state index contributed by atoms with van der Waals surface area (Å²) in [6.07, 6.45) is 0.116. The number of furan rings is 1. The number of nitrogens with zero attached hydrogens (tertiary/aromatic N) is 1. The summed E-state index contributed by atoms with van der Waals surface area (Å²) in [5, 5.41) is 8.52. The Hall–Kier alpha value is -1.76. The third kappa shape index (κ3) is 2.65. The number of carboxylic acid groups (broad SMARTS) is 1. The van der Waals surface area contributed by atoms with Gasteiger partial charge in [-0.3, -0.25) is 14.5 Å². The fourth-order valence-corrected chi connectivity index (χ4v) is 2.90. The Kier molecular flexibility index (Phi) is 3.66. The van der Waals surface area contributed by atoms with E-state index in [0.29, 0.717) is 5.09 Å². The van der Waals surface area contributed by atoms with Gasteiger partial charge in [-0.15, -0.1) is 0 Å². The highest BCUT2D eigenvalue weighted by atomic mass is 32.2. The van der Waals surface area contributed by atoms with Gasteiger partial charge in [0.25, 0.3) is 0 Å². The van der Waals surface area contributed by atoms with E-state index in [1.165, 1.54) is 17.0 Å². The smallest absolute Gasteiger partial charge is 0.371 e. The highest BCUT2D eigenvalue weighted by molar-refractivity contribution is 8.00. The van der Waals surface area contributed by atoms with Gasteiger partial charge in [0, 0.05) is 12.5 Å². The Morgan fingerprint density at radius 1 is 1.47 bits per heavy atom. The lowest BCUT2D eigenvalue weighted by Gasteiger charge is -2.18. The van der Waals surface area contributed by atoms with Crippen molar-refractivity contribution in [2.45, 2.75) is 36.7 Å². The van der Waals surface area contributed by atoms with Gasteiger partial charge in [-0.05, 0) is 26.0 Å². The highest BCUT2D eigenvalue weighted by Crippen LogP contribution is 2.33. The molecule has 102 valence electrons. The van der Waals surface area contributed by atoms with Crippen LogP contribution in [-0.4, -0.2) is 39.1 Å². The molecule has 2 amide bonds. The number of hydrogen-bond acceptors (Lipinski definition) is 5. The summed E-state index contributed by atoms with van der Waals surface area (Å²) in [5.41, 5.74) is 0. The Balaban J connectivity index is 2.09. The van der Waals surface area contributed by atoms with Gasteiger partial charge in [-0.2, -0.15) is 0 Å². The summed E-state index contributed by atoms with van der Waals surface area (Å²) < 4.78 is 5.07. The average Bonchev–Trinajstić information content (AvgIpc) is 2.85. The predicted molar refractivity (Wildman–Crippen MR) is 66.9 cm³/mol. The molecule has 0 aliphatic carbocycles. The second-order valence-electron chi connectivity index (χ2n) is 4.43. The molecule has 0 aromatic carbocycles. The van der Waals surface area contributed by atoms with Crippen LogP contribution in [0.3, 0.4) is 0 Å². The number of carboxylic acids is 1. The zero-order valence-electron chi connectivity index (χ0n) is 10.5. The highest BCUT2D eigenvalue weighted by Gasteiger charge is 2.40. The van der Waals surface area contributed by atoms with Crippen LogP contribution in [-0.2, 0) is 9.59 Å². The van der Waals surface area contributed by atoms with Gasteiger partial charge in [0.15, 0.2) is 5.09 Å². The molecule has 1 unspecified atom stereocenters. The first-order valence-corrected chi connectivity index (χ1v) is 6.63. The molecular weight excluding hydrogens is 270 g/mol. The largest absolute Gasteiger partial charge is 0.475 e. The maximum atomic E-state index is 12.0. The van der Waals surface area contributed by atoms with Crippen molar-refractivity contribution in [3.05, 3.63) is 17.9 Å². The lowest BCUT2D eigenvalue weighted by atomic mass is 10.3. The number of imide groups is 1. The Morgan fingerprint density at radius 2 is 2.16 bits per heavy atom. The van der Waals surface area contributed by atoms with Crippen LogP contribution in [0.15, 0.2) is 21.6 Å². The van der Waals surface area contributed by atoms with Crippen LogP contribution in [0.25, 0.3) is 0 Å². The molecule has 1 N–H and O–H groups in total. The third-order valence-electron chi connectivity index (χ3n) is 2.71. The molecule has 0 radical (unpaired) electrons. The number of thioether (sulfide) groups is 1. The molecule has 6 nitrogen and oxygen atoms in total. The van der Waals surface area contributed by atoms with Crippen molar-refractivity contribution in [3.63, 3.8) is 0 Å². The van der Waals surface area contributed by atoms with Crippen molar-refractivity contribution >= 4 is 29.5 Å². The van der Waals surface area contributed by atoms with E-state index in [1.807, 2.05) is 0 Å². The number of likely N-dealkylation sites (tertiary alicyclic amines) is 1. The molecule has 1 aromatic rings. The molecular formula is C12H13NO5S. The number of hydrogen-bond donors (Lipinski definition) is 1. The first-order valence-electron chi connectivity index (χ1n) is 5.76. The van der Waals surface area contributed by atoms with Gasteiger partial charge < -0.3 is 9.52 Å². The molecule has 1 atom stereocenters. The monoisotopic (exact) mass is 283 g/mol. The molecule has 1 aliphatic rings. The van der Waals surface area contributed by atoms with E-state index in [1.54, 1.807) is 13.8 Å². The number of rotatable bonds is 4. The topological polar surface area (TPSA) is 87.8 Å². The second-order valence-corrected chi connectivity index (χ2v) is 5.64. The molecule has 1 fully saturated rings. The molecule has 1 aliphatic heterocycles. The minimum Gasteiger partial charge on any atom is -0.475 e. The molecule has 19 heavy (non-hydrogen) atoms. The number of aromatic carboxylic acids is 1. The predicted octanol–water partition coefficient (Wildman–Crippen LogP) is 1.61. The number of amides is 2. The van der Waals surface area contributed by atoms with E-state index >= 15 is 0 Å². The van der Waals surface area contributed by atoms with Crippen molar-refractivity contribution in [1.29, 1.82) is 0 Å². The van der Waals surface area contributed by atoms with Crippen LogP contribution in [0.2, 0.25) is 0 Å². The van der Waals surface area contributed by atoms with Crippen molar-refractivity contribution in [2.24, 2.45) is 0 Å². The van der Waals surface area contributed by atoms with Crippen LogP contribution in [0.5, 0.6) is 0 Å². The number of carbonyl (C=O) groups excluding carboxylic acids is 2. The maximum Gasteiger partial charge on any atom is 0.371 e. The lowest BCUT2D eigenvalue weighted by Crippen LogP contribution is -2.37. The molecule has 0 saturated carbocycles. The molecule has 2 heterocycles. The minimum absolute atomic E-state index is 0.116. The molecule has 7 heteroatoms. The maximum absolute atomic E-state index is 12.0. The van der Waals surface area contributed by atoms with E-state index < -0.39 is 11.2 Å². The van der Waals surface area contributed by atoms with Gasteiger partial charge in [0.05, 0.1) is 0 Å². The molecule has 0 spiro atoms. The van der Waals surface area contributed by atoms with Crippen LogP contribution < -0.4 is 0 Å².